The minimum Gasteiger partial charge on any atom is -0.478 e. The van der Waals surface area contributed by atoms with Crippen molar-refractivity contribution in [3.05, 3.63) is 38.0 Å². The number of aliphatic hydroxyl groups is 2. The van der Waals surface area contributed by atoms with Gasteiger partial charge in [-0.2, -0.15) is 0 Å². The van der Waals surface area contributed by atoms with Gasteiger partial charge in [-0.15, -0.1) is 0 Å². The topological polar surface area (TPSA) is 152 Å². The van der Waals surface area contributed by atoms with Crippen LogP contribution in [0.4, 0.5) is 0 Å². The maximum Gasteiger partial charge on any atom is 0.327 e. The molecule has 8 heteroatoms. The third-order valence-electron chi connectivity index (χ3n) is 2.34. The Hall–Kier alpha value is -2.45. The van der Waals surface area contributed by atoms with Gasteiger partial charge in [-0.1, -0.05) is 51.8 Å². The highest BCUT2D eigenvalue weighted by atomic mass is 16.4. The lowest BCUT2D eigenvalue weighted by molar-refractivity contribution is -0.132. The summed E-state index contributed by atoms with van der Waals surface area (Å²) in [6.07, 6.45) is 10.4. The molecule has 0 radical (unpaired) electrons. The zero-order valence-electron chi connectivity index (χ0n) is 15.2. The largest absolute Gasteiger partial charge is 0.478 e. The van der Waals surface area contributed by atoms with Crippen LogP contribution in [0.1, 0.15) is 44.9 Å². The Morgan fingerprint density at radius 3 is 0.808 bits per heavy atom. The van der Waals surface area contributed by atoms with E-state index in [0.29, 0.717) is 13.2 Å². The minimum absolute atomic E-state index is 0.330. The van der Waals surface area contributed by atoms with Crippen molar-refractivity contribution >= 4 is 17.9 Å². The average molecular weight is 376 g/mol. The van der Waals surface area contributed by atoms with Gasteiger partial charge < -0.3 is 25.5 Å². The molecule has 0 aromatic heterocycles. The highest BCUT2D eigenvalue weighted by Gasteiger charge is 1.89. The molecule has 0 bridgehead atoms. The molecule has 0 saturated heterocycles. The number of carboxylic acids is 3. The summed E-state index contributed by atoms with van der Waals surface area (Å²) in [7, 11) is 0. The maximum absolute atomic E-state index is 9.25. The first kappa shape index (κ1) is 31.3. The van der Waals surface area contributed by atoms with Crippen LogP contribution >= 0.6 is 0 Å². The second kappa shape index (κ2) is 30.4. The molecule has 26 heavy (non-hydrogen) atoms. The first-order valence-electron chi connectivity index (χ1n) is 8.01. The van der Waals surface area contributed by atoms with Crippen molar-refractivity contribution in [1.82, 2.24) is 0 Å². The lowest BCUT2D eigenvalue weighted by Crippen LogP contribution is -1.85. The van der Waals surface area contributed by atoms with Crippen LogP contribution in [-0.4, -0.2) is 56.7 Å². The van der Waals surface area contributed by atoms with E-state index in [1.807, 2.05) is 0 Å². The summed E-state index contributed by atoms with van der Waals surface area (Å²) in [4.78, 5) is 27.8. The number of aliphatic hydroxyl groups excluding tert-OH is 2. The molecule has 0 aliphatic heterocycles. The van der Waals surface area contributed by atoms with Crippen LogP contribution in [0.25, 0.3) is 0 Å². The van der Waals surface area contributed by atoms with Crippen molar-refractivity contribution in [3.63, 3.8) is 0 Å². The van der Waals surface area contributed by atoms with Crippen molar-refractivity contribution in [2.75, 3.05) is 13.2 Å². The van der Waals surface area contributed by atoms with Gasteiger partial charge in [0.1, 0.15) is 0 Å². The van der Waals surface area contributed by atoms with Gasteiger partial charge in [0, 0.05) is 31.4 Å². The normalized spacial score (nSPS) is 8.08. The first-order chi connectivity index (χ1) is 12.2. The number of hydrogen-bond acceptors (Lipinski definition) is 5. The van der Waals surface area contributed by atoms with E-state index in [1.54, 1.807) is 0 Å². The van der Waals surface area contributed by atoms with Crippen LogP contribution in [-0.2, 0) is 14.4 Å². The van der Waals surface area contributed by atoms with Crippen LogP contribution in [0.15, 0.2) is 38.0 Å². The molecule has 5 N–H and O–H groups in total. The van der Waals surface area contributed by atoms with Crippen LogP contribution in [0.2, 0.25) is 0 Å². The molecular weight excluding hydrogens is 344 g/mol. The number of unbranched alkanes of at least 4 members (excludes halogenated alkanes) is 6. The minimum atomic E-state index is -0.981. The molecule has 8 nitrogen and oxygen atoms in total. The fourth-order valence-corrected chi connectivity index (χ4v) is 1.11. The Morgan fingerprint density at radius 2 is 0.692 bits per heavy atom. The monoisotopic (exact) mass is 376 g/mol. The predicted molar refractivity (Wildman–Crippen MR) is 100.0 cm³/mol. The van der Waals surface area contributed by atoms with E-state index in [2.05, 4.69) is 19.7 Å². The second-order valence-corrected chi connectivity index (χ2v) is 4.55. The van der Waals surface area contributed by atoms with Gasteiger partial charge >= 0.3 is 17.9 Å². The molecule has 0 rings (SSSR count). The molecule has 0 spiro atoms. The van der Waals surface area contributed by atoms with Crippen LogP contribution in [0.5, 0.6) is 0 Å². The first-order valence-corrected chi connectivity index (χ1v) is 8.01. The van der Waals surface area contributed by atoms with Gasteiger partial charge in [0.2, 0.25) is 0 Å². The molecule has 0 saturated carbocycles. The van der Waals surface area contributed by atoms with Gasteiger partial charge in [-0.3, -0.25) is 0 Å². The standard InChI is InChI=1S/C9H20O2.3C3H4O2/c10-8-6-4-2-1-3-5-7-9-11;3*1-2-3(4)5/h10-11H,1-9H2;3*2H,1H2,(H,4,5). The van der Waals surface area contributed by atoms with E-state index < -0.39 is 17.9 Å². The van der Waals surface area contributed by atoms with Crippen molar-refractivity contribution in [3.8, 4) is 0 Å². The quantitative estimate of drug-likeness (QED) is 0.272. The molecule has 0 amide bonds. The van der Waals surface area contributed by atoms with Gasteiger partial charge in [0.05, 0.1) is 0 Å². The molecule has 0 unspecified atom stereocenters. The summed E-state index contributed by atoms with van der Waals surface area (Å²) < 4.78 is 0. The van der Waals surface area contributed by atoms with Gasteiger partial charge in [0.25, 0.3) is 0 Å². The average Bonchev–Trinajstić information content (AvgIpc) is 2.62. The molecule has 0 aliphatic rings. The maximum atomic E-state index is 9.25. The summed E-state index contributed by atoms with van der Waals surface area (Å²) in [5.41, 5.74) is 0. The summed E-state index contributed by atoms with van der Waals surface area (Å²) in [6.45, 7) is 9.54. The van der Waals surface area contributed by atoms with Crippen molar-refractivity contribution in [1.29, 1.82) is 0 Å². The number of rotatable bonds is 11. The molecule has 0 atom stereocenters. The highest BCUT2D eigenvalue weighted by molar-refractivity contribution is 5.79. The van der Waals surface area contributed by atoms with E-state index in [0.717, 1.165) is 43.9 Å². The van der Waals surface area contributed by atoms with Crippen molar-refractivity contribution in [2.45, 2.75) is 44.9 Å². The Bertz CT molecular complexity index is 327. The summed E-state index contributed by atoms with van der Waals surface area (Å²) >= 11 is 0. The smallest absolute Gasteiger partial charge is 0.327 e. The van der Waals surface area contributed by atoms with E-state index in [-0.39, 0.29) is 0 Å². The SMILES string of the molecule is C=CC(=O)O.C=CC(=O)O.C=CC(=O)O.OCCCCCCCCCO. The third kappa shape index (κ3) is 68.2. The summed E-state index contributed by atoms with van der Waals surface area (Å²) in [5, 5.41) is 39.8. The summed E-state index contributed by atoms with van der Waals surface area (Å²) in [5.74, 6) is -2.94. The van der Waals surface area contributed by atoms with Gasteiger partial charge in [0.15, 0.2) is 0 Å². The summed E-state index contributed by atoms with van der Waals surface area (Å²) in [6, 6.07) is 0. The van der Waals surface area contributed by atoms with Gasteiger partial charge in [-0.05, 0) is 12.8 Å². The molecular formula is C18H32O8. The molecule has 0 aromatic rings. The molecule has 152 valence electrons. The van der Waals surface area contributed by atoms with Crippen molar-refractivity contribution < 1.29 is 39.9 Å². The highest BCUT2D eigenvalue weighted by Crippen LogP contribution is 2.06. The van der Waals surface area contributed by atoms with E-state index in [4.69, 9.17) is 25.5 Å². The zero-order chi connectivity index (χ0) is 21.2. The number of carbonyl (C=O) groups is 3. The Kier molecular flexibility index (Phi) is 36.7. The molecule has 0 aliphatic carbocycles. The Balaban J connectivity index is -0.000000136. The van der Waals surface area contributed by atoms with E-state index in [9.17, 15) is 14.4 Å². The second-order valence-electron chi connectivity index (χ2n) is 4.55. The third-order valence-corrected chi connectivity index (χ3v) is 2.34. The van der Waals surface area contributed by atoms with E-state index in [1.165, 1.54) is 19.3 Å². The van der Waals surface area contributed by atoms with Crippen LogP contribution in [0, 0.1) is 0 Å². The number of aliphatic carboxylic acids is 3. The van der Waals surface area contributed by atoms with Crippen LogP contribution in [0.3, 0.4) is 0 Å². The Morgan fingerprint density at radius 1 is 0.538 bits per heavy atom. The molecule has 0 aromatic carbocycles. The van der Waals surface area contributed by atoms with E-state index >= 15 is 0 Å². The number of hydrogen-bond donors (Lipinski definition) is 5. The zero-order valence-corrected chi connectivity index (χ0v) is 15.2. The predicted octanol–water partition coefficient (Wildman–Crippen LogP) is 2.47. The fourth-order valence-electron chi connectivity index (χ4n) is 1.11. The fraction of sp³-hybridized carbons (Fsp3) is 0.500. The lowest BCUT2D eigenvalue weighted by atomic mass is 10.1. The number of carboxylic acid groups (broad SMARTS) is 3. The lowest BCUT2D eigenvalue weighted by Gasteiger charge is -1.98. The van der Waals surface area contributed by atoms with Gasteiger partial charge in [-0.25, -0.2) is 14.4 Å². The Labute approximate surface area is 154 Å². The molecule has 0 fully saturated rings. The van der Waals surface area contributed by atoms with Crippen molar-refractivity contribution in [2.24, 2.45) is 0 Å². The van der Waals surface area contributed by atoms with Crippen LogP contribution < -0.4 is 0 Å². The molecule has 0 heterocycles.